The first-order valence-corrected chi connectivity index (χ1v) is 5.52. The summed E-state index contributed by atoms with van der Waals surface area (Å²) in [6.45, 7) is 4.60. The van der Waals surface area contributed by atoms with Gasteiger partial charge in [-0.1, -0.05) is 13.8 Å². The Labute approximate surface area is 89.9 Å². The van der Waals surface area contributed by atoms with Crippen LogP contribution in [-0.2, 0) is 0 Å². The Bertz CT molecular complexity index is 376. The van der Waals surface area contributed by atoms with Crippen LogP contribution in [0.15, 0.2) is 6.33 Å². The minimum Gasteiger partial charge on any atom is -0.249 e. The van der Waals surface area contributed by atoms with E-state index in [1.165, 1.54) is 6.42 Å². The lowest BCUT2D eigenvalue weighted by Crippen LogP contribution is -2.23. The highest BCUT2D eigenvalue weighted by Crippen LogP contribution is 2.35. The molecule has 15 heavy (non-hydrogen) atoms. The van der Waals surface area contributed by atoms with Crippen LogP contribution in [0.5, 0.6) is 0 Å². The molecule has 0 radical (unpaired) electrons. The van der Waals surface area contributed by atoms with Gasteiger partial charge in [0.25, 0.3) is 5.82 Å². The van der Waals surface area contributed by atoms with E-state index in [1.54, 1.807) is 6.33 Å². The van der Waals surface area contributed by atoms with Crippen LogP contribution in [-0.4, -0.2) is 14.8 Å². The van der Waals surface area contributed by atoms with Crippen molar-refractivity contribution in [2.24, 2.45) is 11.8 Å². The van der Waals surface area contributed by atoms with E-state index in [4.69, 9.17) is 5.26 Å². The fourth-order valence-electron chi connectivity index (χ4n) is 2.26. The van der Waals surface area contributed by atoms with Gasteiger partial charge in [-0.05, 0) is 31.1 Å². The molecular formula is C11H16N4. The van der Waals surface area contributed by atoms with Crippen molar-refractivity contribution in [2.45, 2.75) is 39.2 Å². The van der Waals surface area contributed by atoms with E-state index >= 15 is 0 Å². The molecule has 0 N–H and O–H groups in total. The summed E-state index contributed by atoms with van der Waals surface area (Å²) in [6, 6.07) is 2.40. The molecule has 1 fully saturated rings. The number of nitrogens with zero attached hydrogens (tertiary/aromatic N) is 4. The summed E-state index contributed by atoms with van der Waals surface area (Å²) in [5.74, 6) is 1.82. The second-order valence-electron chi connectivity index (χ2n) is 4.58. The van der Waals surface area contributed by atoms with Crippen molar-refractivity contribution in [1.29, 1.82) is 5.26 Å². The van der Waals surface area contributed by atoms with E-state index in [2.05, 4.69) is 23.9 Å². The molecule has 4 heteroatoms. The van der Waals surface area contributed by atoms with Crippen molar-refractivity contribution >= 4 is 0 Å². The van der Waals surface area contributed by atoms with Gasteiger partial charge in [0.1, 0.15) is 12.4 Å². The second-order valence-corrected chi connectivity index (χ2v) is 4.58. The van der Waals surface area contributed by atoms with Crippen LogP contribution in [0.1, 0.15) is 45.0 Å². The summed E-state index contributed by atoms with van der Waals surface area (Å²) in [7, 11) is 0. The van der Waals surface area contributed by atoms with Crippen LogP contribution in [0, 0.1) is 23.2 Å². The minimum absolute atomic E-state index is 0.279. The molecule has 3 atom stereocenters. The smallest absolute Gasteiger partial charge is 0.249 e. The molecule has 0 amide bonds. The highest BCUT2D eigenvalue weighted by atomic mass is 15.3. The van der Waals surface area contributed by atoms with E-state index < -0.39 is 0 Å². The van der Waals surface area contributed by atoms with Gasteiger partial charge in [0.05, 0.1) is 6.04 Å². The van der Waals surface area contributed by atoms with Crippen LogP contribution < -0.4 is 0 Å². The summed E-state index contributed by atoms with van der Waals surface area (Å²) in [5.41, 5.74) is 0. The molecule has 0 bridgehead atoms. The van der Waals surface area contributed by atoms with Crippen LogP contribution >= 0.6 is 0 Å². The maximum Gasteiger partial charge on any atom is 0.252 e. The van der Waals surface area contributed by atoms with Gasteiger partial charge in [-0.15, -0.1) is 5.10 Å². The maximum atomic E-state index is 8.66. The van der Waals surface area contributed by atoms with E-state index in [-0.39, 0.29) is 5.82 Å². The van der Waals surface area contributed by atoms with E-state index in [0.717, 1.165) is 24.7 Å². The zero-order valence-corrected chi connectivity index (χ0v) is 9.22. The predicted octanol–water partition coefficient (Wildman–Crippen LogP) is 2.15. The van der Waals surface area contributed by atoms with Gasteiger partial charge in [0.15, 0.2) is 0 Å². The Kier molecular flexibility index (Phi) is 2.72. The van der Waals surface area contributed by atoms with Crippen molar-refractivity contribution in [3.8, 4) is 6.07 Å². The van der Waals surface area contributed by atoms with Crippen LogP contribution in [0.3, 0.4) is 0 Å². The number of hydrogen-bond donors (Lipinski definition) is 0. The van der Waals surface area contributed by atoms with E-state index in [1.807, 2.05) is 10.8 Å². The summed E-state index contributed by atoms with van der Waals surface area (Å²) < 4.78 is 1.86. The van der Waals surface area contributed by atoms with Gasteiger partial charge in [-0.3, -0.25) is 0 Å². The average molecular weight is 204 g/mol. The van der Waals surface area contributed by atoms with Gasteiger partial charge in [0, 0.05) is 0 Å². The molecule has 1 saturated carbocycles. The summed E-state index contributed by atoms with van der Waals surface area (Å²) >= 11 is 0. The topological polar surface area (TPSA) is 54.5 Å². The first-order valence-electron chi connectivity index (χ1n) is 5.52. The lowest BCUT2D eigenvalue weighted by molar-refractivity contribution is 0.200. The molecule has 0 saturated heterocycles. The lowest BCUT2D eigenvalue weighted by Gasteiger charge is -2.31. The molecule has 1 aliphatic rings. The van der Waals surface area contributed by atoms with Gasteiger partial charge < -0.3 is 0 Å². The van der Waals surface area contributed by atoms with E-state index in [9.17, 15) is 0 Å². The molecule has 1 aliphatic carbocycles. The standard InChI is InChI=1S/C11H16N4/c1-8-3-4-10(5-9(8)2)15-7-13-11(6-12)14-15/h7-10H,3-5H2,1-2H3. The number of nitriles is 1. The van der Waals surface area contributed by atoms with Gasteiger partial charge in [0.2, 0.25) is 0 Å². The molecule has 80 valence electrons. The molecule has 1 aromatic heterocycles. The Morgan fingerprint density at radius 3 is 2.80 bits per heavy atom. The Hall–Kier alpha value is -1.37. The number of hydrogen-bond acceptors (Lipinski definition) is 3. The Morgan fingerprint density at radius 1 is 1.40 bits per heavy atom. The molecule has 0 aliphatic heterocycles. The maximum absolute atomic E-state index is 8.66. The number of rotatable bonds is 1. The quantitative estimate of drug-likeness (QED) is 0.704. The fraction of sp³-hybridized carbons (Fsp3) is 0.727. The monoisotopic (exact) mass is 204 g/mol. The highest BCUT2D eigenvalue weighted by molar-refractivity contribution is 5.05. The first kappa shape index (κ1) is 10.2. The van der Waals surface area contributed by atoms with E-state index in [0.29, 0.717) is 6.04 Å². The number of aromatic nitrogens is 3. The average Bonchev–Trinajstić information content (AvgIpc) is 2.70. The third kappa shape index (κ3) is 2.01. The molecule has 1 heterocycles. The van der Waals surface area contributed by atoms with Crippen molar-refractivity contribution in [1.82, 2.24) is 14.8 Å². The van der Waals surface area contributed by atoms with Gasteiger partial charge >= 0.3 is 0 Å². The minimum atomic E-state index is 0.279. The van der Waals surface area contributed by atoms with Crippen molar-refractivity contribution in [2.75, 3.05) is 0 Å². The van der Waals surface area contributed by atoms with Crippen molar-refractivity contribution in [3.05, 3.63) is 12.2 Å². The van der Waals surface area contributed by atoms with Gasteiger partial charge in [-0.2, -0.15) is 5.26 Å². The largest absolute Gasteiger partial charge is 0.252 e. The zero-order valence-electron chi connectivity index (χ0n) is 9.22. The lowest BCUT2D eigenvalue weighted by atomic mass is 9.79. The molecule has 2 rings (SSSR count). The zero-order chi connectivity index (χ0) is 10.8. The molecular weight excluding hydrogens is 188 g/mol. The van der Waals surface area contributed by atoms with Gasteiger partial charge in [-0.25, -0.2) is 9.67 Å². The molecule has 3 unspecified atom stereocenters. The van der Waals surface area contributed by atoms with Crippen molar-refractivity contribution in [3.63, 3.8) is 0 Å². The summed E-state index contributed by atoms with van der Waals surface area (Å²) in [6.07, 6.45) is 5.23. The molecule has 0 spiro atoms. The fourth-order valence-corrected chi connectivity index (χ4v) is 2.26. The van der Waals surface area contributed by atoms with Crippen molar-refractivity contribution < 1.29 is 0 Å². The normalized spacial score (nSPS) is 31.1. The third-order valence-corrected chi connectivity index (χ3v) is 3.55. The summed E-state index contributed by atoms with van der Waals surface area (Å²) in [4.78, 5) is 3.94. The van der Waals surface area contributed by atoms with Crippen LogP contribution in [0.25, 0.3) is 0 Å². The highest BCUT2D eigenvalue weighted by Gasteiger charge is 2.26. The summed E-state index contributed by atoms with van der Waals surface area (Å²) in [5, 5.41) is 12.8. The molecule has 0 aromatic carbocycles. The molecule has 1 aromatic rings. The Morgan fingerprint density at radius 2 is 2.20 bits per heavy atom. The second kappa shape index (κ2) is 4.01. The molecule has 4 nitrogen and oxygen atoms in total. The third-order valence-electron chi connectivity index (χ3n) is 3.55. The predicted molar refractivity (Wildman–Crippen MR) is 56.0 cm³/mol. The SMILES string of the molecule is CC1CCC(n2cnc(C#N)n2)CC1C. The Balaban J connectivity index is 2.09. The van der Waals surface area contributed by atoms with Crippen LogP contribution in [0.2, 0.25) is 0 Å². The van der Waals surface area contributed by atoms with Crippen LogP contribution in [0.4, 0.5) is 0 Å². The first-order chi connectivity index (χ1) is 7.20.